The van der Waals surface area contributed by atoms with Crippen LogP contribution in [0.2, 0.25) is 0 Å². The third-order valence-corrected chi connectivity index (χ3v) is 3.49. The molecule has 122 valence electrons. The molecule has 1 N–H and O–H groups in total. The minimum atomic E-state index is -0.551. The van der Waals surface area contributed by atoms with Gasteiger partial charge in [0.2, 0.25) is 6.29 Å². The second-order valence-corrected chi connectivity index (χ2v) is 7.49. The molecule has 0 radical (unpaired) electrons. The number of aromatic hydroxyl groups is 1. The van der Waals surface area contributed by atoms with Crippen LogP contribution in [0.1, 0.15) is 58.2 Å². The fourth-order valence-corrected chi connectivity index (χ4v) is 2.21. The monoisotopic (exact) mass is 304 g/mol. The van der Waals surface area contributed by atoms with E-state index >= 15 is 0 Å². The quantitative estimate of drug-likeness (QED) is 0.664. The highest BCUT2D eigenvalue weighted by molar-refractivity contribution is 5.53. The van der Waals surface area contributed by atoms with Crippen molar-refractivity contribution in [1.29, 1.82) is 0 Å². The van der Waals surface area contributed by atoms with E-state index in [0.717, 1.165) is 16.7 Å². The van der Waals surface area contributed by atoms with E-state index in [1.807, 2.05) is 12.1 Å². The standard InChI is InChI=1S/C19H28O3/c1-18(2,3)14-11-13(9-10-16(21-7)22-8)12-15(17(14)20)19(4,5)6/h11-12,16,20H,1-8H3. The molecule has 1 rings (SSSR count). The van der Waals surface area contributed by atoms with Gasteiger partial charge in [-0.25, -0.2) is 0 Å². The maximum atomic E-state index is 10.7. The summed E-state index contributed by atoms with van der Waals surface area (Å²) in [6.07, 6.45) is -0.551. The molecule has 1 aromatic rings. The van der Waals surface area contributed by atoms with Crippen LogP contribution in [0.15, 0.2) is 12.1 Å². The first-order valence-corrected chi connectivity index (χ1v) is 7.45. The smallest absolute Gasteiger partial charge is 0.222 e. The summed E-state index contributed by atoms with van der Waals surface area (Å²) in [5, 5.41) is 10.7. The Morgan fingerprint density at radius 1 is 0.909 bits per heavy atom. The molecular weight excluding hydrogens is 276 g/mol. The van der Waals surface area contributed by atoms with E-state index in [-0.39, 0.29) is 10.8 Å². The third-order valence-electron chi connectivity index (χ3n) is 3.49. The number of hydrogen-bond acceptors (Lipinski definition) is 3. The Balaban J connectivity index is 3.48. The lowest BCUT2D eigenvalue weighted by Gasteiger charge is -2.27. The van der Waals surface area contributed by atoms with Gasteiger partial charge < -0.3 is 14.6 Å². The van der Waals surface area contributed by atoms with Crippen molar-refractivity contribution >= 4 is 0 Å². The summed E-state index contributed by atoms with van der Waals surface area (Å²) in [7, 11) is 3.11. The van der Waals surface area contributed by atoms with E-state index in [0.29, 0.717) is 5.75 Å². The molecule has 3 heteroatoms. The molecule has 0 unspecified atom stereocenters. The second-order valence-electron chi connectivity index (χ2n) is 7.49. The van der Waals surface area contributed by atoms with Crippen LogP contribution in [0.25, 0.3) is 0 Å². The average Bonchev–Trinajstić information content (AvgIpc) is 2.38. The van der Waals surface area contributed by atoms with E-state index in [9.17, 15) is 5.11 Å². The summed E-state index contributed by atoms with van der Waals surface area (Å²) >= 11 is 0. The number of benzene rings is 1. The zero-order chi connectivity index (χ0) is 17.1. The van der Waals surface area contributed by atoms with E-state index in [1.165, 1.54) is 0 Å². The van der Waals surface area contributed by atoms with E-state index < -0.39 is 6.29 Å². The van der Waals surface area contributed by atoms with Crippen molar-refractivity contribution in [2.24, 2.45) is 0 Å². The third kappa shape index (κ3) is 4.50. The van der Waals surface area contributed by atoms with Crippen molar-refractivity contribution in [1.82, 2.24) is 0 Å². The highest BCUT2D eigenvalue weighted by atomic mass is 16.7. The average molecular weight is 304 g/mol. The zero-order valence-electron chi connectivity index (χ0n) is 15.0. The zero-order valence-corrected chi connectivity index (χ0v) is 15.0. The molecule has 0 atom stereocenters. The van der Waals surface area contributed by atoms with Gasteiger partial charge in [-0.1, -0.05) is 47.5 Å². The maximum Gasteiger partial charge on any atom is 0.222 e. The molecule has 0 heterocycles. The first-order valence-electron chi connectivity index (χ1n) is 7.45. The number of ether oxygens (including phenoxy) is 2. The molecule has 1 aromatic carbocycles. The van der Waals surface area contributed by atoms with E-state index in [2.05, 4.69) is 53.4 Å². The molecule has 0 amide bonds. The molecule has 0 spiro atoms. The van der Waals surface area contributed by atoms with Crippen LogP contribution in [0.5, 0.6) is 5.75 Å². The van der Waals surface area contributed by atoms with Crippen LogP contribution in [-0.2, 0) is 20.3 Å². The fraction of sp³-hybridized carbons (Fsp3) is 0.579. The summed E-state index contributed by atoms with van der Waals surface area (Å²) in [6.45, 7) is 12.5. The summed E-state index contributed by atoms with van der Waals surface area (Å²) in [6, 6.07) is 3.89. The van der Waals surface area contributed by atoms with Crippen LogP contribution in [0, 0.1) is 11.8 Å². The van der Waals surface area contributed by atoms with Gasteiger partial charge in [0.15, 0.2) is 0 Å². The van der Waals surface area contributed by atoms with Gasteiger partial charge in [0, 0.05) is 30.9 Å². The second kappa shape index (κ2) is 6.73. The van der Waals surface area contributed by atoms with Gasteiger partial charge in [-0.05, 0) is 28.9 Å². The van der Waals surface area contributed by atoms with Gasteiger partial charge in [0.25, 0.3) is 0 Å². The van der Waals surface area contributed by atoms with Gasteiger partial charge >= 0.3 is 0 Å². The minimum absolute atomic E-state index is 0.163. The maximum absolute atomic E-state index is 10.7. The molecule has 0 fully saturated rings. The fourth-order valence-electron chi connectivity index (χ4n) is 2.21. The van der Waals surface area contributed by atoms with Crippen molar-refractivity contribution < 1.29 is 14.6 Å². The van der Waals surface area contributed by atoms with Gasteiger partial charge in [0.05, 0.1) is 0 Å². The minimum Gasteiger partial charge on any atom is -0.507 e. The van der Waals surface area contributed by atoms with Gasteiger partial charge in [0.1, 0.15) is 5.75 Å². The van der Waals surface area contributed by atoms with Crippen LogP contribution < -0.4 is 0 Å². The molecule has 0 aliphatic rings. The molecule has 0 bridgehead atoms. The largest absolute Gasteiger partial charge is 0.507 e. The Bertz CT molecular complexity index is 538. The molecule has 0 aromatic heterocycles. The number of phenols is 1. The molecule has 0 saturated heterocycles. The van der Waals surface area contributed by atoms with Crippen molar-refractivity contribution in [3.05, 3.63) is 28.8 Å². The van der Waals surface area contributed by atoms with Crippen molar-refractivity contribution in [3.8, 4) is 17.6 Å². The molecule has 0 saturated carbocycles. The molecule has 0 aliphatic carbocycles. The van der Waals surface area contributed by atoms with E-state index in [4.69, 9.17) is 9.47 Å². The lowest BCUT2D eigenvalue weighted by atomic mass is 9.78. The SMILES string of the molecule is COC(C#Cc1cc(C(C)(C)C)c(O)c(C(C)(C)C)c1)OC. The Morgan fingerprint density at radius 2 is 1.32 bits per heavy atom. The van der Waals surface area contributed by atoms with Gasteiger partial charge in [-0.2, -0.15) is 0 Å². The predicted molar refractivity (Wildman–Crippen MR) is 90.2 cm³/mol. The Labute approximate surface area is 134 Å². The number of rotatable bonds is 2. The first kappa shape index (κ1) is 18.5. The Hall–Kier alpha value is -1.50. The van der Waals surface area contributed by atoms with Crippen LogP contribution in [0.4, 0.5) is 0 Å². The van der Waals surface area contributed by atoms with Crippen LogP contribution in [0.3, 0.4) is 0 Å². The highest BCUT2D eigenvalue weighted by Crippen LogP contribution is 2.39. The molecular formula is C19H28O3. The van der Waals surface area contributed by atoms with Crippen LogP contribution >= 0.6 is 0 Å². The van der Waals surface area contributed by atoms with Crippen LogP contribution in [-0.4, -0.2) is 25.6 Å². The topological polar surface area (TPSA) is 38.7 Å². The summed E-state index contributed by atoms with van der Waals surface area (Å²) in [4.78, 5) is 0. The lowest BCUT2D eigenvalue weighted by molar-refractivity contribution is -0.0595. The molecule has 22 heavy (non-hydrogen) atoms. The number of hydrogen-bond donors (Lipinski definition) is 1. The highest BCUT2D eigenvalue weighted by Gasteiger charge is 2.26. The Morgan fingerprint density at radius 3 is 1.64 bits per heavy atom. The van der Waals surface area contributed by atoms with Gasteiger partial charge in [-0.3, -0.25) is 0 Å². The Kier molecular flexibility index (Phi) is 5.67. The van der Waals surface area contributed by atoms with Crippen molar-refractivity contribution in [3.63, 3.8) is 0 Å². The summed E-state index contributed by atoms with van der Waals surface area (Å²) < 4.78 is 10.2. The lowest BCUT2D eigenvalue weighted by Crippen LogP contribution is -2.17. The molecule has 0 aliphatic heterocycles. The number of phenolic OH excluding ortho intramolecular Hbond substituents is 1. The summed E-state index contributed by atoms with van der Waals surface area (Å²) in [5.41, 5.74) is 2.32. The normalized spacial score (nSPS) is 12.2. The first-order chi connectivity index (χ1) is 10.0. The number of methoxy groups -OCH3 is 2. The summed E-state index contributed by atoms with van der Waals surface area (Å²) in [5.74, 6) is 6.39. The van der Waals surface area contributed by atoms with Crippen molar-refractivity contribution in [2.75, 3.05) is 14.2 Å². The predicted octanol–water partition coefficient (Wildman–Crippen LogP) is 3.96. The molecule has 3 nitrogen and oxygen atoms in total. The van der Waals surface area contributed by atoms with E-state index in [1.54, 1.807) is 14.2 Å². The van der Waals surface area contributed by atoms with Crippen molar-refractivity contribution in [2.45, 2.75) is 58.7 Å². The van der Waals surface area contributed by atoms with Gasteiger partial charge in [-0.15, -0.1) is 0 Å².